The molecule has 3 heteroatoms. The van der Waals surface area contributed by atoms with Crippen LogP contribution in [0, 0.1) is 0 Å². The van der Waals surface area contributed by atoms with Crippen LogP contribution in [0.3, 0.4) is 0 Å². The van der Waals surface area contributed by atoms with Crippen molar-refractivity contribution < 1.29 is 9.47 Å². The van der Waals surface area contributed by atoms with Crippen molar-refractivity contribution in [3.05, 3.63) is 24.5 Å². The molecule has 0 spiro atoms. The molecule has 1 fully saturated rings. The number of pyridine rings is 1. The van der Waals surface area contributed by atoms with Crippen LogP contribution in [0.4, 0.5) is 0 Å². The topological polar surface area (TPSA) is 31.4 Å². The van der Waals surface area contributed by atoms with Crippen molar-refractivity contribution in [2.75, 3.05) is 7.11 Å². The smallest absolute Gasteiger partial charge is 0.138 e. The third kappa shape index (κ3) is 1.98. The Morgan fingerprint density at radius 1 is 1.38 bits per heavy atom. The van der Waals surface area contributed by atoms with E-state index in [0.29, 0.717) is 12.2 Å². The molecule has 0 atom stereocenters. The first-order valence-corrected chi connectivity index (χ1v) is 4.48. The van der Waals surface area contributed by atoms with Crippen molar-refractivity contribution in [3.8, 4) is 5.75 Å². The quantitative estimate of drug-likeness (QED) is 0.706. The fraction of sp³-hybridized carbons (Fsp3) is 0.500. The summed E-state index contributed by atoms with van der Waals surface area (Å²) in [5.74, 6) is 0.849. The molecular formula is C10H13NO2. The van der Waals surface area contributed by atoms with Crippen LogP contribution in [0.1, 0.15) is 12.8 Å². The summed E-state index contributed by atoms with van der Waals surface area (Å²) >= 11 is 0. The highest BCUT2D eigenvalue weighted by Crippen LogP contribution is 2.27. The largest absolute Gasteiger partial charge is 0.489 e. The van der Waals surface area contributed by atoms with Gasteiger partial charge in [0.25, 0.3) is 0 Å². The highest BCUT2D eigenvalue weighted by Gasteiger charge is 2.30. The Balaban J connectivity index is 1.81. The van der Waals surface area contributed by atoms with Gasteiger partial charge in [-0.3, -0.25) is 4.98 Å². The van der Waals surface area contributed by atoms with Gasteiger partial charge in [0.15, 0.2) is 0 Å². The van der Waals surface area contributed by atoms with Crippen molar-refractivity contribution in [1.82, 2.24) is 4.98 Å². The molecule has 13 heavy (non-hydrogen) atoms. The first-order chi connectivity index (χ1) is 6.38. The molecule has 1 aromatic heterocycles. The van der Waals surface area contributed by atoms with Gasteiger partial charge < -0.3 is 9.47 Å². The lowest BCUT2D eigenvalue weighted by molar-refractivity contribution is -0.0382. The van der Waals surface area contributed by atoms with Gasteiger partial charge in [0.05, 0.1) is 12.3 Å². The van der Waals surface area contributed by atoms with E-state index in [1.54, 1.807) is 19.5 Å². The zero-order valence-corrected chi connectivity index (χ0v) is 7.64. The van der Waals surface area contributed by atoms with Crippen LogP contribution in [0.2, 0.25) is 0 Å². The number of hydrogen-bond acceptors (Lipinski definition) is 3. The van der Waals surface area contributed by atoms with Crippen molar-refractivity contribution in [1.29, 1.82) is 0 Å². The zero-order valence-electron chi connectivity index (χ0n) is 7.64. The third-order valence-corrected chi connectivity index (χ3v) is 2.32. The lowest BCUT2D eigenvalue weighted by Gasteiger charge is -2.33. The average molecular weight is 179 g/mol. The Hall–Kier alpha value is -1.09. The van der Waals surface area contributed by atoms with E-state index in [1.807, 2.05) is 12.1 Å². The number of ether oxygens (including phenoxy) is 2. The highest BCUT2D eigenvalue weighted by molar-refractivity contribution is 5.16. The predicted molar refractivity (Wildman–Crippen MR) is 48.7 cm³/mol. The molecule has 0 aromatic carbocycles. The first kappa shape index (κ1) is 8.51. The number of hydrogen-bond donors (Lipinski definition) is 0. The van der Waals surface area contributed by atoms with Crippen molar-refractivity contribution in [2.24, 2.45) is 0 Å². The molecule has 0 N–H and O–H groups in total. The Morgan fingerprint density at radius 3 is 2.85 bits per heavy atom. The SMILES string of the molecule is COC1CC(Oc2cccnc2)C1. The van der Waals surface area contributed by atoms with E-state index in [-0.39, 0.29) is 0 Å². The Kier molecular flexibility index (Phi) is 2.45. The predicted octanol–water partition coefficient (Wildman–Crippen LogP) is 1.64. The molecule has 0 amide bonds. The normalized spacial score (nSPS) is 26.5. The second-order valence-electron chi connectivity index (χ2n) is 3.26. The van der Waals surface area contributed by atoms with Crippen molar-refractivity contribution in [2.45, 2.75) is 25.0 Å². The van der Waals surface area contributed by atoms with Gasteiger partial charge in [-0.2, -0.15) is 0 Å². The average Bonchev–Trinajstić information content (AvgIpc) is 2.12. The molecule has 0 radical (unpaired) electrons. The van der Waals surface area contributed by atoms with Gasteiger partial charge in [-0.15, -0.1) is 0 Å². The maximum absolute atomic E-state index is 5.64. The van der Waals surface area contributed by atoms with Crippen LogP contribution in [0.15, 0.2) is 24.5 Å². The molecule has 0 saturated heterocycles. The van der Waals surface area contributed by atoms with Gasteiger partial charge in [0.1, 0.15) is 11.9 Å². The van der Waals surface area contributed by atoms with Gasteiger partial charge in [-0.25, -0.2) is 0 Å². The van der Waals surface area contributed by atoms with E-state index in [4.69, 9.17) is 9.47 Å². The summed E-state index contributed by atoms with van der Waals surface area (Å²) in [4.78, 5) is 3.98. The van der Waals surface area contributed by atoms with Crippen LogP contribution in [0.25, 0.3) is 0 Å². The summed E-state index contributed by atoms with van der Waals surface area (Å²) in [7, 11) is 1.74. The summed E-state index contributed by atoms with van der Waals surface area (Å²) in [5, 5.41) is 0. The minimum atomic E-state index is 0.314. The molecule has 1 saturated carbocycles. The van der Waals surface area contributed by atoms with Crippen LogP contribution in [-0.4, -0.2) is 24.3 Å². The summed E-state index contributed by atoms with van der Waals surface area (Å²) in [6, 6.07) is 3.80. The molecular weight excluding hydrogens is 166 g/mol. The van der Waals surface area contributed by atoms with Gasteiger partial charge in [0.2, 0.25) is 0 Å². The van der Waals surface area contributed by atoms with E-state index in [0.717, 1.165) is 18.6 Å². The van der Waals surface area contributed by atoms with E-state index in [9.17, 15) is 0 Å². The molecule has 0 unspecified atom stereocenters. The van der Waals surface area contributed by atoms with Crippen molar-refractivity contribution in [3.63, 3.8) is 0 Å². The van der Waals surface area contributed by atoms with E-state index in [2.05, 4.69) is 4.98 Å². The molecule has 1 aliphatic carbocycles. The summed E-state index contributed by atoms with van der Waals surface area (Å²) < 4.78 is 10.8. The lowest BCUT2D eigenvalue weighted by atomic mass is 9.92. The molecule has 3 nitrogen and oxygen atoms in total. The standard InChI is InChI=1S/C10H13NO2/c1-12-9-5-10(6-9)13-8-3-2-4-11-7-8/h2-4,7,9-10H,5-6H2,1H3. The van der Waals surface area contributed by atoms with Gasteiger partial charge >= 0.3 is 0 Å². The highest BCUT2D eigenvalue weighted by atomic mass is 16.5. The molecule has 0 aliphatic heterocycles. The summed E-state index contributed by atoms with van der Waals surface area (Å²) in [5.41, 5.74) is 0. The lowest BCUT2D eigenvalue weighted by Crippen LogP contribution is -2.38. The molecule has 0 bridgehead atoms. The third-order valence-electron chi connectivity index (χ3n) is 2.32. The number of aromatic nitrogens is 1. The Labute approximate surface area is 77.7 Å². The van der Waals surface area contributed by atoms with Crippen LogP contribution >= 0.6 is 0 Å². The minimum absolute atomic E-state index is 0.314. The fourth-order valence-corrected chi connectivity index (χ4v) is 1.42. The monoisotopic (exact) mass is 179 g/mol. The second kappa shape index (κ2) is 3.75. The number of methoxy groups -OCH3 is 1. The maximum Gasteiger partial charge on any atom is 0.138 e. The summed E-state index contributed by atoms with van der Waals surface area (Å²) in [6.45, 7) is 0. The van der Waals surface area contributed by atoms with E-state index < -0.39 is 0 Å². The van der Waals surface area contributed by atoms with Crippen LogP contribution < -0.4 is 4.74 Å². The molecule has 1 heterocycles. The molecule has 2 rings (SSSR count). The van der Waals surface area contributed by atoms with Gasteiger partial charge in [0, 0.05) is 26.1 Å². The first-order valence-electron chi connectivity index (χ1n) is 4.48. The summed E-state index contributed by atoms with van der Waals surface area (Å²) in [6.07, 6.45) is 6.17. The van der Waals surface area contributed by atoms with Crippen LogP contribution in [0.5, 0.6) is 5.75 Å². The maximum atomic E-state index is 5.64. The van der Waals surface area contributed by atoms with E-state index >= 15 is 0 Å². The van der Waals surface area contributed by atoms with E-state index in [1.165, 1.54) is 0 Å². The zero-order chi connectivity index (χ0) is 9.10. The van der Waals surface area contributed by atoms with Crippen molar-refractivity contribution >= 4 is 0 Å². The minimum Gasteiger partial charge on any atom is -0.489 e. The van der Waals surface area contributed by atoms with Gasteiger partial charge in [-0.1, -0.05) is 0 Å². The number of nitrogens with zero attached hydrogens (tertiary/aromatic N) is 1. The second-order valence-corrected chi connectivity index (χ2v) is 3.26. The molecule has 1 aromatic rings. The molecule has 1 aliphatic rings. The number of rotatable bonds is 3. The Bertz CT molecular complexity index is 257. The molecule has 70 valence electrons. The Morgan fingerprint density at radius 2 is 2.23 bits per heavy atom. The van der Waals surface area contributed by atoms with Gasteiger partial charge in [-0.05, 0) is 12.1 Å². The van der Waals surface area contributed by atoms with Crippen LogP contribution in [-0.2, 0) is 4.74 Å². The fourth-order valence-electron chi connectivity index (χ4n) is 1.42.